The number of nitrogens with one attached hydrogen (secondary N) is 1. The van der Waals surface area contributed by atoms with Crippen molar-refractivity contribution in [3.8, 4) is 0 Å². The third-order valence-corrected chi connectivity index (χ3v) is 2.83. The van der Waals surface area contributed by atoms with Crippen LogP contribution in [0.25, 0.3) is 0 Å². The average Bonchev–Trinajstić information content (AvgIpc) is 2.75. The maximum atomic E-state index is 8.79. The van der Waals surface area contributed by atoms with Crippen LogP contribution in [0.2, 0.25) is 0 Å². The van der Waals surface area contributed by atoms with Gasteiger partial charge in [-0.1, -0.05) is 22.0 Å². The molecule has 0 bridgehead atoms. The van der Waals surface area contributed by atoms with Crippen LogP contribution in [0, 0.1) is 0 Å². The van der Waals surface area contributed by atoms with Gasteiger partial charge in [-0.2, -0.15) is 5.10 Å². The van der Waals surface area contributed by atoms with Crippen LogP contribution in [-0.2, 0) is 13.1 Å². The van der Waals surface area contributed by atoms with Gasteiger partial charge in [0.05, 0.1) is 19.3 Å². The Bertz CT molecular complexity index is 484. The number of hydrogen-bond donors (Lipinski definition) is 2. The summed E-state index contributed by atoms with van der Waals surface area (Å²) >= 11 is 3.43. The molecule has 0 saturated carbocycles. The quantitative estimate of drug-likeness (QED) is 0.889. The van der Waals surface area contributed by atoms with E-state index in [0.29, 0.717) is 6.54 Å². The second-order valence-electron chi connectivity index (χ2n) is 3.70. The van der Waals surface area contributed by atoms with E-state index in [9.17, 15) is 0 Å². The summed E-state index contributed by atoms with van der Waals surface area (Å²) in [5.74, 6) is 0. The predicted molar refractivity (Wildman–Crippen MR) is 70.8 cm³/mol. The molecule has 17 heavy (non-hydrogen) atoms. The number of anilines is 1. The van der Waals surface area contributed by atoms with Crippen LogP contribution in [-0.4, -0.2) is 21.5 Å². The summed E-state index contributed by atoms with van der Waals surface area (Å²) in [4.78, 5) is 0. The van der Waals surface area contributed by atoms with Gasteiger partial charge in [0, 0.05) is 28.5 Å². The molecule has 0 radical (unpaired) electrons. The van der Waals surface area contributed by atoms with Crippen LogP contribution in [0.3, 0.4) is 0 Å². The van der Waals surface area contributed by atoms with E-state index < -0.39 is 0 Å². The minimum absolute atomic E-state index is 0.111. The fourth-order valence-electron chi connectivity index (χ4n) is 1.52. The van der Waals surface area contributed by atoms with Crippen molar-refractivity contribution in [1.29, 1.82) is 0 Å². The van der Waals surface area contributed by atoms with Gasteiger partial charge in [-0.3, -0.25) is 4.68 Å². The van der Waals surface area contributed by atoms with E-state index in [-0.39, 0.29) is 6.61 Å². The standard InChI is InChI=1S/C12H14BrN3O/c13-11-2-1-3-12(6-11)14-7-10-8-15-16(9-10)4-5-17/h1-3,6,8-9,14,17H,4-5,7H2. The van der Waals surface area contributed by atoms with E-state index in [1.165, 1.54) is 0 Å². The molecular weight excluding hydrogens is 282 g/mol. The number of hydrogen-bond acceptors (Lipinski definition) is 3. The van der Waals surface area contributed by atoms with Crippen molar-refractivity contribution in [2.45, 2.75) is 13.1 Å². The molecule has 0 saturated heterocycles. The van der Waals surface area contributed by atoms with E-state index in [1.54, 1.807) is 10.9 Å². The van der Waals surface area contributed by atoms with Crippen molar-refractivity contribution in [3.63, 3.8) is 0 Å². The first-order valence-electron chi connectivity index (χ1n) is 5.39. The van der Waals surface area contributed by atoms with Crippen LogP contribution < -0.4 is 5.32 Å². The number of benzene rings is 1. The Kier molecular flexibility index (Phi) is 4.17. The van der Waals surface area contributed by atoms with E-state index >= 15 is 0 Å². The van der Waals surface area contributed by atoms with Crippen LogP contribution in [0.5, 0.6) is 0 Å². The molecule has 2 N–H and O–H groups in total. The summed E-state index contributed by atoms with van der Waals surface area (Å²) in [5.41, 5.74) is 2.16. The van der Waals surface area contributed by atoms with Crippen molar-refractivity contribution in [2.24, 2.45) is 0 Å². The lowest BCUT2D eigenvalue weighted by Gasteiger charge is -2.04. The van der Waals surface area contributed by atoms with Gasteiger partial charge in [-0.15, -0.1) is 0 Å². The highest BCUT2D eigenvalue weighted by molar-refractivity contribution is 9.10. The minimum Gasteiger partial charge on any atom is -0.394 e. The van der Waals surface area contributed by atoms with E-state index in [4.69, 9.17) is 5.11 Å². The zero-order valence-corrected chi connectivity index (χ0v) is 10.9. The van der Waals surface area contributed by atoms with Gasteiger partial charge in [0.2, 0.25) is 0 Å². The maximum absolute atomic E-state index is 8.79. The Labute approximate surface area is 108 Å². The topological polar surface area (TPSA) is 50.1 Å². The summed E-state index contributed by atoms with van der Waals surface area (Å²) in [7, 11) is 0. The van der Waals surface area contributed by atoms with Crippen molar-refractivity contribution in [1.82, 2.24) is 9.78 Å². The van der Waals surface area contributed by atoms with Crippen molar-refractivity contribution >= 4 is 21.6 Å². The lowest BCUT2D eigenvalue weighted by atomic mass is 10.3. The van der Waals surface area contributed by atoms with Crippen LogP contribution >= 0.6 is 15.9 Å². The largest absolute Gasteiger partial charge is 0.394 e. The number of nitrogens with zero attached hydrogens (tertiary/aromatic N) is 2. The molecule has 0 aliphatic rings. The molecule has 0 unspecified atom stereocenters. The number of aromatic nitrogens is 2. The highest BCUT2D eigenvalue weighted by Crippen LogP contribution is 2.16. The third kappa shape index (κ3) is 3.57. The Balaban J connectivity index is 1.93. The molecule has 90 valence electrons. The third-order valence-electron chi connectivity index (χ3n) is 2.34. The van der Waals surface area contributed by atoms with E-state index in [0.717, 1.165) is 22.3 Å². The first-order valence-corrected chi connectivity index (χ1v) is 6.19. The molecular formula is C12H14BrN3O. The maximum Gasteiger partial charge on any atom is 0.0640 e. The summed E-state index contributed by atoms with van der Waals surface area (Å²) in [5, 5.41) is 16.2. The molecule has 0 aliphatic heterocycles. The van der Waals surface area contributed by atoms with Gasteiger partial charge in [0.1, 0.15) is 0 Å². The second kappa shape index (κ2) is 5.84. The fraction of sp³-hybridized carbons (Fsp3) is 0.250. The molecule has 0 aliphatic carbocycles. The van der Waals surface area contributed by atoms with E-state index in [1.807, 2.05) is 30.5 Å². The molecule has 0 atom stereocenters. The Morgan fingerprint density at radius 3 is 3.06 bits per heavy atom. The first kappa shape index (κ1) is 12.1. The normalized spacial score (nSPS) is 10.5. The molecule has 0 spiro atoms. The Morgan fingerprint density at radius 1 is 1.41 bits per heavy atom. The molecule has 1 heterocycles. The SMILES string of the molecule is OCCn1cc(CNc2cccc(Br)c2)cn1. The fourth-order valence-corrected chi connectivity index (χ4v) is 1.92. The van der Waals surface area contributed by atoms with Crippen LogP contribution in [0.15, 0.2) is 41.1 Å². The highest BCUT2D eigenvalue weighted by Gasteiger charge is 1.98. The number of aliphatic hydroxyl groups is 1. The van der Waals surface area contributed by atoms with Gasteiger partial charge < -0.3 is 10.4 Å². The molecule has 0 amide bonds. The zero-order valence-electron chi connectivity index (χ0n) is 9.31. The molecule has 2 rings (SSSR count). The molecule has 4 nitrogen and oxygen atoms in total. The van der Waals surface area contributed by atoms with Crippen LogP contribution in [0.4, 0.5) is 5.69 Å². The summed E-state index contributed by atoms with van der Waals surface area (Å²) < 4.78 is 2.79. The van der Waals surface area contributed by atoms with Crippen molar-refractivity contribution < 1.29 is 5.11 Å². The van der Waals surface area contributed by atoms with Crippen molar-refractivity contribution in [3.05, 3.63) is 46.7 Å². The van der Waals surface area contributed by atoms with Gasteiger partial charge in [-0.25, -0.2) is 0 Å². The first-order chi connectivity index (χ1) is 8.28. The minimum atomic E-state index is 0.111. The second-order valence-corrected chi connectivity index (χ2v) is 4.61. The predicted octanol–water partition coefficient (Wildman–Crippen LogP) is 2.25. The number of rotatable bonds is 5. The molecule has 1 aromatic carbocycles. The lowest BCUT2D eigenvalue weighted by molar-refractivity contribution is 0.269. The van der Waals surface area contributed by atoms with Gasteiger partial charge in [0.15, 0.2) is 0 Å². The highest BCUT2D eigenvalue weighted by atomic mass is 79.9. The molecule has 2 aromatic rings. The van der Waals surface area contributed by atoms with Gasteiger partial charge >= 0.3 is 0 Å². The van der Waals surface area contributed by atoms with E-state index in [2.05, 4.69) is 26.3 Å². The van der Waals surface area contributed by atoms with Gasteiger partial charge in [0.25, 0.3) is 0 Å². The monoisotopic (exact) mass is 295 g/mol. The lowest BCUT2D eigenvalue weighted by Crippen LogP contribution is -2.02. The number of halogens is 1. The Hall–Kier alpha value is -1.33. The molecule has 5 heteroatoms. The zero-order chi connectivity index (χ0) is 12.1. The van der Waals surface area contributed by atoms with Crippen LogP contribution in [0.1, 0.15) is 5.56 Å². The molecule has 1 aromatic heterocycles. The van der Waals surface area contributed by atoms with Crippen molar-refractivity contribution in [2.75, 3.05) is 11.9 Å². The summed E-state index contributed by atoms with van der Waals surface area (Å²) in [6, 6.07) is 8.02. The average molecular weight is 296 g/mol. The van der Waals surface area contributed by atoms with Gasteiger partial charge in [-0.05, 0) is 18.2 Å². The summed E-state index contributed by atoms with van der Waals surface area (Å²) in [6.07, 6.45) is 3.74. The molecule has 0 fully saturated rings. The summed E-state index contributed by atoms with van der Waals surface area (Å²) in [6.45, 7) is 1.37. The Morgan fingerprint density at radius 2 is 2.29 bits per heavy atom. The number of aliphatic hydroxyl groups excluding tert-OH is 1. The smallest absolute Gasteiger partial charge is 0.0640 e.